The van der Waals surface area contributed by atoms with Gasteiger partial charge in [-0.3, -0.25) is 9.98 Å². The quantitative estimate of drug-likeness (QED) is 0.474. The predicted octanol–water partition coefficient (Wildman–Crippen LogP) is 6.66. The van der Waals surface area contributed by atoms with Crippen molar-refractivity contribution in [3.05, 3.63) is 89.7 Å². The molecule has 3 rings (SSSR count). The second-order valence-corrected chi connectivity index (χ2v) is 7.91. The van der Waals surface area contributed by atoms with Crippen LogP contribution in [0.5, 0.6) is 0 Å². The van der Waals surface area contributed by atoms with Crippen LogP contribution in [0.3, 0.4) is 0 Å². The SMILES string of the molecule is CC(=Nc1ccccc1)c1cccc(/C(C)=N/c2ccccc2C(C)(C)C)n1. The van der Waals surface area contributed by atoms with Gasteiger partial charge < -0.3 is 0 Å². The summed E-state index contributed by atoms with van der Waals surface area (Å²) in [4.78, 5) is 14.4. The van der Waals surface area contributed by atoms with Crippen LogP contribution in [0.1, 0.15) is 51.6 Å². The summed E-state index contributed by atoms with van der Waals surface area (Å²) in [5.74, 6) is 0. The normalized spacial score (nSPS) is 12.9. The zero-order valence-electron chi connectivity index (χ0n) is 17.3. The van der Waals surface area contributed by atoms with E-state index >= 15 is 0 Å². The van der Waals surface area contributed by atoms with Crippen LogP contribution >= 0.6 is 0 Å². The highest BCUT2D eigenvalue weighted by Crippen LogP contribution is 2.31. The van der Waals surface area contributed by atoms with Crippen molar-refractivity contribution in [2.75, 3.05) is 0 Å². The highest BCUT2D eigenvalue weighted by Gasteiger charge is 2.17. The van der Waals surface area contributed by atoms with Crippen molar-refractivity contribution in [3.8, 4) is 0 Å². The summed E-state index contributed by atoms with van der Waals surface area (Å²) in [5, 5.41) is 0. The van der Waals surface area contributed by atoms with E-state index in [1.807, 2.05) is 68.4 Å². The summed E-state index contributed by atoms with van der Waals surface area (Å²) in [6, 6.07) is 24.2. The molecule has 0 unspecified atom stereocenters. The number of aromatic nitrogens is 1. The molecule has 0 bridgehead atoms. The molecule has 2 aromatic carbocycles. The maximum Gasteiger partial charge on any atom is 0.0849 e. The molecule has 3 heteroatoms. The molecule has 0 aliphatic rings. The maximum absolute atomic E-state index is 4.89. The average molecular weight is 370 g/mol. The largest absolute Gasteiger partial charge is 0.252 e. The number of pyridine rings is 1. The first-order valence-corrected chi connectivity index (χ1v) is 9.57. The first kappa shape index (κ1) is 19.7. The first-order chi connectivity index (χ1) is 13.3. The molecule has 0 fully saturated rings. The Morgan fingerprint density at radius 3 is 1.89 bits per heavy atom. The Bertz CT molecular complexity index is 1010. The molecule has 3 aromatic rings. The lowest BCUT2D eigenvalue weighted by Crippen LogP contribution is -2.11. The zero-order chi connectivity index (χ0) is 20.1. The van der Waals surface area contributed by atoms with E-state index in [9.17, 15) is 0 Å². The number of hydrogen-bond donors (Lipinski definition) is 0. The molecule has 0 N–H and O–H groups in total. The lowest BCUT2D eigenvalue weighted by Gasteiger charge is -2.21. The minimum absolute atomic E-state index is 0.0363. The van der Waals surface area contributed by atoms with Crippen molar-refractivity contribution in [1.29, 1.82) is 0 Å². The number of nitrogens with zero attached hydrogens (tertiary/aromatic N) is 3. The molecule has 0 aliphatic heterocycles. The summed E-state index contributed by atoms with van der Waals surface area (Å²) in [6.45, 7) is 10.6. The van der Waals surface area contributed by atoms with Crippen molar-refractivity contribution >= 4 is 22.8 Å². The van der Waals surface area contributed by atoms with E-state index in [1.165, 1.54) is 5.56 Å². The third kappa shape index (κ3) is 4.80. The van der Waals surface area contributed by atoms with E-state index < -0.39 is 0 Å². The smallest absolute Gasteiger partial charge is 0.0849 e. The number of aliphatic imine (C=N–C) groups is 2. The molecule has 142 valence electrons. The third-order valence-electron chi connectivity index (χ3n) is 4.54. The Hall–Kier alpha value is -3.07. The Kier molecular flexibility index (Phi) is 5.84. The lowest BCUT2D eigenvalue weighted by atomic mass is 9.86. The Morgan fingerprint density at radius 1 is 0.679 bits per heavy atom. The predicted molar refractivity (Wildman–Crippen MR) is 120 cm³/mol. The second-order valence-electron chi connectivity index (χ2n) is 7.91. The molecule has 1 aromatic heterocycles. The van der Waals surface area contributed by atoms with Crippen LogP contribution in [0.25, 0.3) is 0 Å². The fourth-order valence-corrected chi connectivity index (χ4v) is 3.03. The molecule has 0 radical (unpaired) electrons. The summed E-state index contributed by atoms with van der Waals surface area (Å²) in [6.07, 6.45) is 0. The fourth-order valence-electron chi connectivity index (χ4n) is 3.03. The number of hydrogen-bond acceptors (Lipinski definition) is 3. The van der Waals surface area contributed by atoms with Gasteiger partial charge in [0, 0.05) is 0 Å². The van der Waals surface area contributed by atoms with Gasteiger partial charge in [-0.2, -0.15) is 0 Å². The summed E-state index contributed by atoms with van der Waals surface area (Å²) in [5.41, 5.74) is 6.69. The van der Waals surface area contributed by atoms with Crippen LogP contribution in [-0.4, -0.2) is 16.4 Å². The van der Waals surface area contributed by atoms with Crippen LogP contribution < -0.4 is 0 Å². The number of benzene rings is 2. The van der Waals surface area contributed by atoms with Gasteiger partial charge in [0.15, 0.2) is 0 Å². The van der Waals surface area contributed by atoms with Gasteiger partial charge >= 0.3 is 0 Å². The second kappa shape index (κ2) is 8.30. The van der Waals surface area contributed by atoms with Gasteiger partial charge in [0.05, 0.1) is 34.2 Å². The van der Waals surface area contributed by atoms with Crippen molar-refractivity contribution in [1.82, 2.24) is 4.98 Å². The van der Waals surface area contributed by atoms with Crippen molar-refractivity contribution in [2.24, 2.45) is 9.98 Å². The minimum atomic E-state index is 0.0363. The highest BCUT2D eigenvalue weighted by atomic mass is 14.8. The van der Waals surface area contributed by atoms with E-state index in [-0.39, 0.29) is 5.41 Å². The molecule has 0 amide bonds. The average Bonchev–Trinajstić information content (AvgIpc) is 2.68. The van der Waals surface area contributed by atoms with Crippen LogP contribution in [-0.2, 0) is 5.41 Å². The minimum Gasteiger partial charge on any atom is -0.252 e. The van der Waals surface area contributed by atoms with E-state index in [2.05, 4.69) is 44.0 Å². The summed E-state index contributed by atoms with van der Waals surface area (Å²) in [7, 11) is 0. The topological polar surface area (TPSA) is 37.6 Å². The molecule has 3 nitrogen and oxygen atoms in total. The molecular formula is C25H27N3. The molecule has 0 atom stereocenters. The lowest BCUT2D eigenvalue weighted by molar-refractivity contribution is 0.591. The summed E-state index contributed by atoms with van der Waals surface area (Å²) < 4.78 is 0. The van der Waals surface area contributed by atoms with Gasteiger partial charge in [-0.05, 0) is 55.2 Å². The van der Waals surface area contributed by atoms with Gasteiger partial charge in [0.2, 0.25) is 0 Å². The van der Waals surface area contributed by atoms with E-state index in [4.69, 9.17) is 9.98 Å². The maximum atomic E-state index is 4.89. The molecule has 1 heterocycles. The van der Waals surface area contributed by atoms with Gasteiger partial charge in [-0.25, -0.2) is 4.98 Å². The molecule has 0 spiro atoms. The van der Waals surface area contributed by atoms with Gasteiger partial charge in [0.1, 0.15) is 0 Å². The Labute approximate surface area is 167 Å². The Balaban J connectivity index is 1.95. The molecule has 0 saturated carbocycles. The van der Waals surface area contributed by atoms with E-state index in [1.54, 1.807) is 0 Å². The van der Waals surface area contributed by atoms with Gasteiger partial charge in [0.25, 0.3) is 0 Å². The van der Waals surface area contributed by atoms with Gasteiger partial charge in [-0.1, -0.05) is 63.2 Å². The van der Waals surface area contributed by atoms with Crippen molar-refractivity contribution in [3.63, 3.8) is 0 Å². The van der Waals surface area contributed by atoms with Crippen molar-refractivity contribution in [2.45, 2.75) is 40.0 Å². The van der Waals surface area contributed by atoms with Crippen LogP contribution in [0.2, 0.25) is 0 Å². The van der Waals surface area contributed by atoms with Crippen molar-refractivity contribution < 1.29 is 0 Å². The van der Waals surface area contributed by atoms with E-state index in [0.717, 1.165) is 34.2 Å². The Morgan fingerprint density at radius 2 is 1.25 bits per heavy atom. The van der Waals surface area contributed by atoms with Gasteiger partial charge in [-0.15, -0.1) is 0 Å². The standard InChI is InChI=1S/C25H27N3/c1-18(26-20-12-7-6-8-13-20)22-16-11-17-23(28-22)19(2)27-24-15-10-9-14-21(24)25(3,4)5/h6-17H,1-5H3/b26-18?,27-19+. The fraction of sp³-hybridized carbons (Fsp3) is 0.240. The van der Waals surface area contributed by atoms with Crippen LogP contribution in [0.4, 0.5) is 11.4 Å². The molecule has 0 aliphatic carbocycles. The summed E-state index contributed by atoms with van der Waals surface area (Å²) >= 11 is 0. The molecule has 28 heavy (non-hydrogen) atoms. The van der Waals surface area contributed by atoms with Crippen LogP contribution in [0.15, 0.2) is 82.8 Å². The molecule has 0 saturated heterocycles. The molecular weight excluding hydrogens is 342 g/mol. The van der Waals surface area contributed by atoms with E-state index in [0.29, 0.717) is 0 Å². The van der Waals surface area contributed by atoms with Crippen LogP contribution in [0, 0.1) is 0 Å². The third-order valence-corrected chi connectivity index (χ3v) is 4.54. The number of para-hydroxylation sites is 2. The monoisotopic (exact) mass is 369 g/mol. The first-order valence-electron chi connectivity index (χ1n) is 9.57. The highest BCUT2D eigenvalue weighted by molar-refractivity contribution is 6.02. The number of rotatable bonds is 4. The zero-order valence-corrected chi connectivity index (χ0v) is 17.3.